The van der Waals surface area contributed by atoms with Crippen LogP contribution in [0.15, 0.2) is 17.8 Å². The van der Waals surface area contributed by atoms with Gasteiger partial charge in [-0.1, -0.05) is 6.92 Å². The molecule has 0 spiro atoms. The summed E-state index contributed by atoms with van der Waals surface area (Å²) in [5.41, 5.74) is 0. The first-order valence-electron chi connectivity index (χ1n) is 5.93. The Morgan fingerprint density at radius 2 is 2.39 bits per heavy atom. The fourth-order valence-electron chi connectivity index (χ4n) is 1.92. The van der Waals surface area contributed by atoms with E-state index in [1.807, 2.05) is 17.8 Å². The standard InChI is InChI=1S/C12H18N4OS/c1-4-13-9(7-11-14-8-15-16(11)2)12-10(17-3)5-6-18-12/h5-6,8-9,13H,4,7H2,1-3H3. The molecule has 0 amide bonds. The van der Waals surface area contributed by atoms with Gasteiger partial charge in [0.05, 0.1) is 18.0 Å². The van der Waals surface area contributed by atoms with E-state index < -0.39 is 0 Å². The maximum absolute atomic E-state index is 5.39. The van der Waals surface area contributed by atoms with Crippen LogP contribution in [0.1, 0.15) is 23.7 Å². The minimum Gasteiger partial charge on any atom is -0.496 e. The zero-order valence-corrected chi connectivity index (χ0v) is 11.7. The Labute approximate surface area is 111 Å². The summed E-state index contributed by atoms with van der Waals surface area (Å²) >= 11 is 1.70. The lowest BCUT2D eigenvalue weighted by Gasteiger charge is -2.17. The number of aryl methyl sites for hydroxylation is 1. The van der Waals surface area contributed by atoms with Crippen LogP contribution in [0, 0.1) is 0 Å². The Balaban J connectivity index is 2.21. The first-order valence-corrected chi connectivity index (χ1v) is 6.81. The smallest absolute Gasteiger partial charge is 0.138 e. The summed E-state index contributed by atoms with van der Waals surface area (Å²) in [6.45, 7) is 3.01. The van der Waals surface area contributed by atoms with Gasteiger partial charge in [-0.3, -0.25) is 4.68 Å². The molecule has 0 aromatic carbocycles. The van der Waals surface area contributed by atoms with Crippen LogP contribution in [0.5, 0.6) is 5.75 Å². The molecule has 98 valence electrons. The Morgan fingerprint density at radius 3 is 3.00 bits per heavy atom. The first-order chi connectivity index (χ1) is 8.76. The summed E-state index contributed by atoms with van der Waals surface area (Å²) in [6.07, 6.45) is 2.39. The molecule has 0 saturated heterocycles. The van der Waals surface area contributed by atoms with Crippen LogP contribution < -0.4 is 10.1 Å². The lowest BCUT2D eigenvalue weighted by atomic mass is 10.1. The highest BCUT2D eigenvalue weighted by Gasteiger charge is 2.19. The summed E-state index contributed by atoms with van der Waals surface area (Å²) in [6, 6.07) is 2.22. The quantitative estimate of drug-likeness (QED) is 0.866. The molecule has 2 heterocycles. The van der Waals surface area contributed by atoms with E-state index in [9.17, 15) is 0 Å². The van der Waals surface area contributed by atoms with Gasteiger partial charge in [0.2, 0.25) is 0 Å². The van der Waals surface area contributed by atoms with Crippen molar-refractivity contribution in [3.8, 4) is 5.75 Å². The average molecular weight is 266 g/mol. The Kier molecular flexibility index (Phi) is 4.33. The van der Waals surface area contributed by atoms with Crippen molar-refractivity contribution in [2.45, 2.75) is 19.4 Å². The summed E-state index contributed by atoms with van der Waals surface area (Å²) in [5.74, 6) is 1.91. The third-order valence-electron chi connectivity index (χ3n) is 2.84. The van der Waals surface area contributed by atoms with Crippen LogP contribution >= 0.6 is 11.3 Å². The van der Waals surface area contributed by atoms with E-state index in [0.29, 0.717) is 0 Å². The molecule has 0 radical (unpaired) electrons. The van der Waals surface area contributed by atoms with Gasteiger partial charge < -0.3 is 10.1 Å². The van der Waals surface area contributed by atoms with Gasteiger partial charge >= 0.3 is 0 Å². The molecule has 18 heavy (non-hydrogen) atoms. The zero-order chi connectivity index (χ0) is 13.0. The summed E-state index contributed by atoms with van der Waals surface area (Å²) in [4.78, 5) is 5.49. The summed E-state index contributed by atoms with van der Waals surface area (Å²) in [7, 11) is 3.62. The molecule has 5 nitrogen and oxygen atoms in total. The number of aromatic nitrogens is 3. The Bertz CT molecular complexity index is 494. The molecule has 2 rings (SSSR count). The second-order valence-electron chi connectivity index (χ2n) is 3.97. The van der Waals surface area contributed by atoms with Crippen molar-refractivity contribution in [3.63, 3.8) is 0 Å². The van der Waals surface area contributed by atoms with E-state index in [0.717, 1.165) is 24.5 Å². The monoisotopic (exact) mass is 266 g/mol. The van der Waals surface area contributed by atoms with E-state index in [1.54, 1.807) is 24.8 Å². The predicted molar refractivity (Wildman–Crippen MR) is 72.0 cm³/mol. The second kappa shape index (κ2) is 5.97. The lowest BCUT2D eigenvalue weighted by molar-refractivity contribution is 0.402. The van der Waals surface area contributed by atoms with Gasteiger partial charge in [-0.2, -0.15) is 5.10 Å². The van der Waals surface area contributed by atoms with Crippen molar-refractivity contribution in [3.05, 3.63) is 28.5 Å². The molecule has 0 aliphatic carbocycles. The lowest BCUT2D eigenvalue weighted by Crippen LogP contribution is -2.23. The molecular formula is C12H18N4OS. The summed E-state index contributed by atoms with van der Waals surface area (Å²) < 4.78 is 7.20. The van der Waals surface area contributed by atoms with Gasteiger partial charge in [-0.15, -0.1) is 11.3 Å². The minimum absolute atomic E-state index is 0.216. The average Bonchev–Trinajstić information content (AvgIpc) is 2.98. The van der Waals surface area contributed by atoms with E-state index >= 15 is 0 Å². The van der Waals surface area contributed by atoms with Gasteiger partial charge in [-0.25, -0.2) is 4.98 Å². The highest BCUT2D eigenvalue weighted by molar-refractivity contribution is 7.10. The van der Waals surface area contributed by atoms with Crippen LogP contribution in [-0.4, -0.2) is 28.4 Å². The SMILES string of the molecule is CCNC(Cc1ncnn1C)c1sccc1OC. The number of likely N-dealkylation sites (N-methyl/N-ethyl adjacent to an activating group) is 1. The minimum atomic E-state index is 0.216. The molecule has 0 aliphatic rings. The predicted octanol–water partition coefficient (Wildman–Crippen LogP) is 1.78. The topological polar surface area (TPSA) is 52.0 Å². The fourth-order valence-corrected chi connectivity index (χ4v) is 2.86. The van der Waals surface area contributed by atoms with E-state index in [1.165, 1.54) is 4.88 Å². The largest absolute Gasteiger partial charge is 0.496 e. The zero-order valence-electron chi connectivity index (χ0n) is 10.9. The van der Waals surface area contributed by atoms with Crippen molar-refractivity contribution < 1.29 is 4.74 Å². The van der Waals surface area contributed by atoms with Crippen LogP contribution in [0.25, 0.3) is 0 Å². The number of thiophene rings is 1. The van der Waals surface area contributed by atoms with Crippen LogP contribution in [0.4, 0.5) is 0 Å². The molecule has 0 saturated carbocycles. The van der Waals surface area contributed by atoms with Gasteiger partial charge in [0.25, 0.3) is 0 Å². The number of nitrogens with one attached hydrogen (secondary N) is 1. The van der Waals surface area contributed by atoms with E-state index in [2.05, 4.69) is 27.7 Å². The maximum Gasteiger partial charge on any atom is 0.138 e. The molecular weight excluding hydrogens is 248 g/mol. The van der Waals surface area contributed by atoms with Crippen LogP contribution in [-0.2, 0) is 13.5 Å². The second-order valence-corrected chi connectivity index (χ2v) is 4.92. The van der Waals surface area contributed by atoms with Gasteiger partial charge in [-0.05, 0) is 18.0 Å². The highest BCUT2D eigenvalue weighted by Crippen LogP contribution is 2.32. The maximum atomic E-state index is 5.39. The normalized spacial score (nSPS) is 12.6. The molecule has 0 bridgehead atoms. The molecule has 0 fully saturated rings. The van der Waals surface area contributed by atoms with E-state index in [-0.39, 0.29) is 6.04 Å². The van der Waals surface area contributed by atoms with Crippen molar-refractivity contribution in [1.29, 1.82) is 0 Å². The van der Waals surface area contributed by atoms with E-state index in [4.69, 9.17) is 4.74 Å². The van der Waals surface area contributed by atoms with Crippen molar-refractivity contribution >= 4 is 11.3 Å². The number of rotatable bonds is 6. The third kappa shape index (κ3) is 2.70. The molecule has 6 heteroatoms. The van der Waals surface area contributed by atoms with Gasteiger partial charge in [0, 0.05) is 13.5 Å². The number of hydrogen-bond acceptors (Lipinski definition) is 5. The molecule has 2 aromatic heterocycles. The molecule has 1 atom stereocenters. The molecule has 1 unspecified atom stereocenters. The Morgan fingerprint density at radius 1 is 1.56 bits per heavy atom. The van der Waals surface area contributed by atoms with Crippen molar-refractivity contribution in [2.24, 2.45) is 7.05 Å². The van der Waals surface area contributed by atoms with Gasteiger partial charge in [0.15, 0.2) is 0 Å². The number of nitrogens with zero attached hydrogens (tertiary/aromatic N) is 3. The van der Waals surface area contributed by atoms with Crippen LogP contribution in [0.2, 0.25) is 0 Å². The highest BCUT2D eigenvalue weighted by atomic mass is 32.1. The fraction of sp³-hybridized carbons (Fsp3) is 0.500. The molecule has 2 aromatic rings. The Hall–Kier alpha value is -1.40. The van der Waals surface area contributed by atoms with Crippen LogP contribution in [0.3, 0.4) is 0 Å². The van der Waals surface area contributed by atoms with Crippen molar-refractivity contribution in [1.82, 2.24) is 20.1 Å². The molecule has 1 N–H and O–H groups in total. The molecule has 0 aliphatic heterocycles. The first kappa shape index (κ1) is 13.0. The van der Waals surface area contributed by atoms with Crippen molar-refractivity contribution in [2.75, 3.05) is 13.7 Å². The van der Waals surface area contributed by atoms with Gasteiger partial charge in [0.1, 0.15) is 17.9 Å². The third-order valence-corrected chi connectivity index (χ3v) is 3.85. The number of methoxy groups -OCH3 is 1. The number of ether oxygens (including phenoxy) is 1. The number of hydrogen-bond donors (Lipinski definition) is 1. The summed E-state index contributed by atoms with van der Waals surface area (Å²) in [5, 5.41) is 9.63.